The van der Waals surface area contributed by atoms with Crippen LogP contribution in [0.1, 0.15) is 63.8 Å². The number of benzene rings is 3. The van der Waals surface area contributed by atoms with Crippen molar-refractivity contribution in [1.82, 2.24) is 33.7 Å². The minimum atomic E-state index is -0.0711. The third-order valence-corrected chi connectivity index (χ3v) is 12.0. The molecule has 0 saturated heterocycles. The van der Waals surface area contributed by atoms with Crippen LogP contribution in [0.3, 0.4) is 0 Å². The summed E-state index contributed by atoms with van der Waals surface area (Å²) in [7, 11) is 5.86. The van der Waals surface area contributed by atoms with E-state index in [1.807, 2.05) is 82.7 Å². The third kappa shape index (κ3) is 5.69. The molecule has 5 heterocycles. The number of ether oxygens (including phenoxy) is 1. The van der Waals surface area contributed by atoms with Crippen LogP contribution in [0.25, 0.3) is 44.3 Å². The van der Waals surface area contributed by atoms with Crippen molar-refractivity contribution in [2.24, 2.45) is 21.1 Å². The number of carbonyl (C=O) groups is 1. The van der Waals surface area contributed by atoms with E-state index < -0.39 is 0 Å². The maximum absolute atomic E-state index is 15.2. The number of halogens is 2. The molecule has 7 aromatic rings. The van der Waals surface area contributed by atoms with Gasteiger partial charge in [-0.3, -0.25) is 14.2 Å². The molecule has 1 aliphatic rings. The van der Waals surface area contributed by atoms with Gasteiger partial charge in [-0.2, -0.15) is 10.2 Å². The van der Waals surface area contributed by atoms with Gasteiger partial charge in [-0.15, -0.1) is 0 Å². The minimum Gasteiger partial charge on any atom is -0.494 e. The van der Waals surface area contributed by atoms with E-state index in [0.717, 1.165) is 88.9 Å². The van der Waals surface area contributed by atoms with Crippen LogP contribution in [-0.4, -0.2) is 52.7 Å². The molecule has 0 N–H and O–H groups in total. The molecule has 1 atom stereocenters. The molecule has 278 valence electrons. The van der Waals surface area contributed by atoms with Crippen LogP contribution in [0.15, 0.2) is 48.7 Å². The minimum absolute atomic E-state index is 0.0458. The van der Waals surface area contributed by atoms with E-state index in [1.54, 1.807) is 4.68 Å². The first-order valence-corrected chi connectivity index (χ1v) is 19.0. The quantitative estimate of drug-likeness (QED) is 0.144. The summed E-state index contributed by atoms with van der Waals surface area (Å²) in [5.41, 5.74) is 11.2. The third-order valence-electron chi connectivity index (χ3n) is 11.1. The maximum atomic E-state index is 15.2. The Hall–Kier alpha value is -5.06. The number of anilines is 1. The van der Waals surface area contributed by atoms with Crippen LogP contribution in [-0.2, 0) is 27.6 Å². The standard InChI is InChI=1S/C42H44Cl2N8O2/c1-22-17-29(18-23(2)38(22)44)54-16-10-11-30-31-13-14-33(43)37(36-25(4)46-49(8)26(36)5)39(31)52-24(3)20-51(42(53)40(30)52)35-21-48(7)34-15-12-28(19-32(34)35)41-45-27(6)50(9)47-41/h12-15,17-19,21,24H,10-11,16,20H2,1-9H3. The van der Waals surface area contributed by atoms with E-state index in [0.29, 0.717) is 42.5 Å². The molecule has 8 rings (SSSR count). The highest BCUT2D eigenvalue weighted by atomic mass is 35.5. The number of aromatic nitrogens is 7. The van der Waals surface area contributed by atoms with Crippen molar-refractivity contribution in [2.75, 3.05) is 18.1 Å². The Morgan fingerprint density at radius 1 is 0.889 bits per heavy atom. The van der Waals surface area contributed by atoms with Gasteiger partial charge in [-0.1, -0.05) is 29.3 Å². The van der Waals surface area contributed by atoms with Crippen molar-refractivity contribution in [1.29, 1.82) is 0 Å². The predicted octanol–water partition coefficient (Wildman–Crippen LogP) is 9.41. The summed E-state index contributed by atoms with van der Waals surface area (Å²) in [6, 6.07) is 14.1. The molecule has 1 unspecified atom stereocenters. The van der Waals surface area contributed by atoms with E-state index in [1.165, 1.54) is 0 Å². The molecule has 0 bridgehead atoms. The highest BCUT2D eigenvalue weighted by Gasteiger charge is 2.37. The van der Waals surface area contributed by atoms with Gasteiger partial charge in [0.15, 0.2) is 5.82 Å². The van der Waals surface area contributed by atoms with Crippen LogP contribution in [0.2, 0.25) is 10.0 Å². The van der Waals surface area contributed by atoms with E-state index in [2.05, 4.69) is 57.5 Å². The summed E-state index contributed by atoms with van der Waals surface area (Å²) in [5.74, 6) is 2.23. The van der Waals surface area contributed by atoms with E-state index in [9.17, 15) is 0 Å². The molecule has 0 spiro atoms. The number of rotatable bonds is 8. The maximum Gasteiger partial charge on any atom is 0.275 e. The van der Waals surface area contributed by atoms with Crippen molar-refractivity contribution in [3.63, 3.8) is 0 Å². The van der Waals surface area contributed by atoms with Gasteiger partial charge in [0.1, 0.15) is 17.3 Å². The molecular formula is C42H44Cl2N8O2. The van der Waals surface area contributed by atoms with Crippen molar-refractivity contribution in [3.8, 4) is 28.3 Å². The van der Waals surface area contributed by atoms with Gasteiger partial charge in [-0.25, -0.2) is 4.98 Å². The van der Waals surface area contributed by atoms with Crippen LogP contribution in [0, 0.1) is 34.6 Å². The van der Waals surface area contributed by atoms with Crippen LogP contribution < -0.4 is 9.64 Å². The largest absolute Gasteiger partial charge is 0.494 e. The normalized spacial score (nSPS) is 14.5. The Kier molecular flexibility index (Phi) is 8.89. The Balaban J connectivity index is 1.26. The van der Waals surface area contributed by atoms with Crippen molar-refractivity contribution in [2.45, 2.75) is 60.4 Å². The van der Waals surface area contributed by atoms with Crippen molar-refractivity contribution in [3.05, 3.63) is 98.3 Å². The van der Waals surface area contributed by atoms with Gasteiger partial charge in [-0.05, 0) is 107 Å². The van der Waals surface area contributed by atoms with Gasteiger partial charge in [0.25, 0.3) is 5.91 Å². The second kappa shape index (κ2) is 13.4. The Morgan fingerprint density at radius 2 is 1.63 bits per heavy atom. The Bertz CT molecular complexity index is 2620. The number of hydrogen-bond acceptors (Lipinski definition) is 5. The predicted molar refractivity (Wildman–Crippen MR) is 217 cm³/mol. The van der Waals surface area contributed by atoms with E-state index >= 15 is 4.79 Å². The first-order valence-electron chi connectivity index (χ1n) is 18.3. The molecule has 0 fully saturated rings. The molecule has 10 nitrogen and oxygen atoms in total. The van der Waals surface area contributed by atoms with E-state index in [-0.39, 0.29) is 11.9 Å². The first kappa shape index (κ1) is 35.9. The number of amides is 1. The zero-order chi connectivity index (χ0) is 38.3. The first-order chi connectivity index (χ1) is 25.7. The molecule has 54 heavy (non-hydrogen) atoms. The fraction of sp³-hybridized carbons (Fsp3) is 0.333. The Labute approximate surface area is 324 Å². The van der Waals surface area contributed by atoms with Crippen molar-refractivity contribution >= 4 is 56.6 Å². The molecule has 12 heteroatoms. The second-order valence-corrected chi connectivity index (χ2v) is 15.5. The van der Waals surface area contributed by atoms with Gasteiger partial charge < -0.3 is 18.8 Å². The summed E-state index contributed by atoms with van der Waals surface area (Å²) in [6.45, 7) is 13.1. The SMILES string of the molecule is Cc1cc(OCCCc2c3n(c4c(-c5c(C)nn(C)c5C)c(Cl)ccc24)C(C)CN(c2cn(C)c4ccc(-c5nc(C)n(C)n5)cc24)C3=O)cc(C)c1Cl. The lowest BCUT2D eigenvalue weighted by molar-refractivity contribution is 0.0957. The lowest BCUT2D eigenvalue weighted by atomic mass is 9.98. The van der Waals surface area contributed by atoms with Gasteiger partial charge in [0.2, 0.25) is 0 Å². The summed E-state index contributed by atoms with van der Waals surface area (Å²) < 4.78 is 14.3. The molecule has 0 saturated carbocycles. The molecular weight excluding hydrogens is 719 g/mol. The topological polar surface area (TPSA) is 87.9 Å². The number of nitrogens with zero attached hydrogens (tertiary/aromatic N) is 8. The van der Waals surface area contributed by atoms with Gasteiger partial charge >= 0.3 is 0 Å². The lowest BCUT2D eigenvalue weighted by Gasteiger charge is -2.34. The van der Waals surface area contributed by atoms with Crippen LogP contribution in [0.4, 0.5) is 5.69 Å². The fourth-order valence-electron chi connectivity index (χ4n) is 8.25. The van der Waals surface area contributed by atoms with Gasteiger partial charge in [0, 0.05) is 83.6 Å². The van der Waals surface area contributed by atoms with Gasteiger partial charge in [0.05, 0.1) is 28.5 Å². The molecule has 0 radical (unpaired) electrons. The molecule has 3 aromatic carbocycles. The van der Waals surface area contributed by atoms with Crippen molar-refractivity contribution < 1.29 is 9.53 Å². The average molecular weight is 764 g/mol. The van der Waals surface area contributed by atoms with Crippen LogP contribution >= 0.6 is 23.2 Å². The van der Waals surface area contributed by atoms with Crippen LogP contribution in [0.5, 0.6) is 5.75 Å². The summed E-state index contributed by atoms with van der Waals surface area (Å²) >= 11 is 13.6. The average Bonchev–Trinajstić information content (AvgIpc) is 3.83. The summed E-state index contributed by atoms with van der Waals surface area (Å²) in [5, 5.41) is 12.8. The number of hydrogen-bond donors (Lipinski definition) is 0. The fourth-order valence-corrected chi connectivity index (χ4v) is 8.60. The van der Waals surface area contributed by atoms with E-state index in [4.69, 9.17) is 33.0 Å². The summed E-state index contributed by atoms with van der Waals surface area (Å²) in [4.78, 5) is 21.8. The highest BCUT2D eigenvalue weighted by Crippen LogP contribution is 2.46. The smallest absolute Gasteiger partial charge is 0.275 e. The Morgan fingerprint density at radius 3 is 2.30 bits per heavy atom. The lowest BCUT2D eigenvalue weighted by Crippen LogP contribution is -2.42. The molecule has 0 aliphatic carbocycles. The number of aryl methyl sites for hydroxylation is 8. The molecule has 1 aliphatic heterocycles. The molecule has 1 amide bonds. The summed E-state index contributed by atoms with van der Waals surface area (Å²) in [6.07, 6.45) is 3.39. The zero-order valence-electron chi connectivity index (χ0n) is 32.2. The number of fused-ring (bicyclic) bond motifs is 4. The zero-order valence-corrected chi connectivity index (χ0v) is 33.7. The monoisotopic (exact) mass is 762 g/mol. The highest BCUT2D eigenvalue weighted by molar-refractivity contribution is 6.35. The molecule has 4 aromatic heterocycles. The second-order valence-electron chi connectivity index (χ2n) is 14.7. The number of carbonyl (C=O) groups excluding carboxylic acids is 1.